The largest absolute Gasteiger partial charge is 0.507 e. The van der Waals surface area contributed by atoms with E-state index >= 15 is 0 Å². The lowest BCUT2D eigenvalue weighted by molar-refractivity contribution is -0.140. The summed E-state index contributed by atoms with van der Waals surface area (Å²) in [4.78, 5) is 27.6. The van der Waals surface area contributed by atoms with E-state index in [1.807, 2.05) is 24.3 Å². The Bertz CT molecular complexity index is 1040. The van der Waals surface area contributed by atoms with Gasteiger partial charge in [0.05, 0.1) is 17.7 Å². The van der Waals surface area contributed by atoms with E-state index in [9.17, 15) is 14.7 Å². The number of nitrogens with zero attached hydrogens (tertiary/aromatic N) is 1. The van der Waals surface area contributed by atoms with Gasteiger partial charge in [-0.15, -0.1) is 0 Å². The molecular formula is C25H24BrNO5. The van der Waals surface area contributed by atoms with Crippen molar-refractivity contribution in [2.24, 2.45) is 0 Å². The summed E-state index contributed by atoms with van der Waals surface area (Å²) < 4.78 is 12.1. The molecule has 2 aliphatic heterocycles. The molecule has 1 N–H and O–H groups in total. The number of hydrogen-bond donors (Lipinski definition) is 1. The minimum atomic E-state index is -0.694. The monoisotopic (exact) mass is 497 g/mol. The molecule has 1 amide bonds. The highest BCUT2D eigenvalue weighted by atomic mass is 79.9. The van der Waals surface area contributed by atoms with Gasteiger partial charge in [-0.1, -0.05) is 40.7 Å². The Morgan fingerprint density at radius 3 is 2.53 bits per heavy atom. The number of aliphatic hydroxyl groups excluding tert-OH is 1. The van der Waals surface area contributed by atoms with Gasteiger partial charge in [0.15, 0.2) is 0 Å². The maximum Gasteiger partial charge on any atom is 0.295 e. The normalized spacial score (nSPS) is 22.3. The number of benzene rings is 2. The first-order valence-corrected chi connectivity index (χ1v) is 11.3. The van der Waals surface area contributed by atoms with E-state index in [1.54, 1.807) is 30.3 Å². The van der Waals surface area contributed by atoms with Gasteiger partial charge in [0.25, 0.3) is 11.7 Å². The highest BCUT2D eigenvalue weighted by molar-refractivity contribution is 9.10. The van der Waals surface area contributed by atoms with E-state index in [0.717, 1.165) is 22.9 Å². The minimum Gasteiger partial charge on any atom is -0.507 e. The third kappa shape index (κ3) is 4.49. The molecule has 2 saturated heterocycles. The fourth-order valence-electron chi connectivity index (χ4n) is 4.09. The number of likely N-dealkylation sites (tertiary alicyclic amines) is 1. The maximum absolute atomic E-state index is 13.1. The second-order valence-corrected chi connectivity index (χ2v) is 8.68. The van der Waals surface area contributed by atoms with Crippen molar-refractivity contribution in [3.63, 3.8) is 0 Å². The SMILES string of the molecule is C=CCOc1ccc(/C(O)=C2\C(=O)C(=O)N(CC3CCCO3)C2c2ccc(Br)cc2)cc1. The summed E-state index contributed by atoms with van der Waals surface area (Å²) in [5.74, 6) is -0.910. The fraction of sp³-hybridized carbons (Fsp3) is 0.280. The number of hydrogen-bond acceptors (Lipinski definition) is 5. The molecule has 0 radical (unpaired) electrons. The van der Waals surface area contributed by atoms with Crippen molar-refractivity contribution >= 4 is 33.4 Å². The number of aliphatic hydroxyl groups is 1. The highest BCUT2D eigenvalue weighted by Crippen LogP contribution is 2.40. The molecule has 2 fully saturated rings. The molecule has 2 aromatic carbocycles. The third-order valence-electron chi connectivity index (χ3n) is 5.65. The first-order valence-electron chi connectivity index (χ1n) is 10.5. The Labute approximate surface area is 195 Å². The zero-order valence-corrected chi connectivity index (χ0v) is 19.1. The van der Waals surface area contributed by atoms with Crippen LogP contribution in [-0.4, -0.2) is 47.6 Å². The molecule has 166 valence electrons. The molecule has 4 rings (SSSR count). The van der Waals surface area contributed by atoms with E-state index in [-0.39, 0.29) is 17.4 Å². The van der Waals surface area contributed by atoms with Crippen LogP contribution in [0.4, 0.5) is 0 Å². The van der Waals surface area contributed by atoms with Gasteiger partial charge in [-0.2, -0.15) is 0 Å². The Hall–Kier alpha value is -2.90. The molecule has 6 nitrogen and oxygen atoms in total. The fourth-order valence-corrected chi connectivity index (χ4v) is 4.35. The molecule has 0 aliphatic carbocycles. The quantitative estimate of drug-likeness (QED) is 0.261. The highest BCUT2D eigenvalue weighted by Gasteiger charge is 2.47. The molecular weight excluding hydrogens is 474 g/mol. The zero-order valence-electron chi connectivity index (χ0n) is 17.5. The number of ketones is 1. The molecule has 2 unspecified atom stereocenters. The molecule has 2 aromatic rings. The van der Waals surface area contributed by atoms with E-state index in [1.165, 1.54) is 4.90 Å². The van der Waals surface area contributed by atoms with Crippen molar-refractivity contribution in [3.8, 4) is 5.75 Å². The lowest BCUT2D eigenvalue weighted by Gasteiger charge is -2.27. The van der Waals surface area contributed by atoms with Crippen molar-refractivity contribution in [1.82, 2.24) is 4.90 Å². The molecule has 2 atom stereocenters. The van der Waals surface area contributed by atoms with E-state index in [0.29, 0.717) is 31.1 Å². The van der Waals surface area contributed by atoms with Crippen molar-refractivity contribution in [1.29, 1.82) is 0 Å². The van der Waals surface area contributed by atoms with Crippen LogP contribution in [0.3, 0.4) is 0 Å². The summed E-state index contributed by atoms with van der Waals surface area (Å²) >= 11 is 3.42. The summed E-state index contributed by atoms with van der Waals surface area (Å²) in [5, 5.41) is 11.1. The number of halogens is 1. The molecule has 32 heavy (non-hydrogen) atoms. The second-order valence-electron chi connectivity index (χ2n) is 7.76. The van der Waals surface area contributed by atoms with Gasteiger partial charge < -0.3 is 19.5 Å². The van der Waals surface area contributed by atoms with Crippen LogP contribution in [-0.2, 0) is 14.3 Å². The van der Waals surface area contributed by atoms with Crippen LogP contribution in [0.15, 0.2) is 71.2 Å². The standard InChI is InChI=1S/C25H24BrNO5/c1-2-13-31-19-11-7-17(8-12-19)23(28)21-22(16-5-9-18(26)10-6-16)27(25(30)24(21)29)15-20-4-3-14-32-20/h2,5-12,20,22,28H,1,3-4,13-15H2/b23-21+. The first-order chi connectivity index (χ1) is 15.5. The van der Waals surface area contributed by atoms with Crippen LogP contribution in [0.25, 0.3) is 5.76 Å². The number of amides is 1. The van der Waals surface area contributed by atoms with E-state index in [4.69, 9.17) is 9.47 Å². The number of ether oxygens (including phenoxy) is 2. The van der Waals surface area contributed by atoms with Gasteiger partial charge in [0.1, 0.15) is 18.1 Å². The Morgan fingerprint density at radius 1 is 1.19 bits per heavy atom. The third-order valence-corrected chi connectivity index (χ3v) is 6.17. The lowest BCUT2D eigenvalue weighted by Crippen LogP contribution is -2.36. The van der Waals surface area contributed by atoms with Crippen molar-refractivity contribution in [2.75, 3.05) is 19.8 Å². The van der Waals surface area contributed by atoms with E-state index in [2.05, 4.69) is 22.5 Å². The van der Waals surface area contributed by atoms with Gasteiger partial charge in [0, 0.05) is 23.2 Å². The second kappa shape index (κ2) is 9.71. The van der Waals surface area contributed by atoms with E-state index < -0.39 is 17.7 Å². The number of rotatable bonds is 7. The van der Waals surface area contributed by atoms with Gasteiger partial charge in [0.2, 0.25) is 0 Å². The molecule has 0 bridgehead atoms. The van der Waals surface area contributed by atoms with Crippen molar-refractivity contribution < 1.29 is 24.2 Å². The van der Waals surface area contributed by atoms with Crippen LogP contribution in [0.5, 0.6) is 5.75 Å². The molecule has 0 spiro atoms. The molecule has 7 heteroatoms. The molecule has 0 aromatic heterocycles. The van der Waals surface area contributed by atoms with Crippen molar-refractivity contribution in [2.45, 2.75) is 25.0 Å². The van der Waals surface area contributed by atoms with Crippen LogP contribution in [0.1, 0.15) is 30.0 Å². The van der Waals surface area contributed by atoms with Gasteiger partial charge in [-0.25, -0.2) is 0 Å². The van der Waals surface area contributed by atoms with Crippen LogP contribution < -0.4 is 4.74 Å². The summed E-state index contributed by atoms with van der Waals surface area (Å²) in [6, 6.07) is 13.5. The van der Waals surface area contributed by atoms with Crippen LogP contribution in [0.2, 0.25) is 0 Å². The maximum atomic E-state index is 13.1. The lowest BCUT2D eigenvalue weighted by atomic mass is 9.95. The summed E-state index contributed by atoms with van der Waals surface area (Å²) in [5.41, 5.74) is 1.26. The molecule has 2 heterocycles. The Balaban J connectivity index is 1.74. The average molecular weight is 498 g/mol. The predicted molar refractivity (Wildman–Crippen MR) is 124 cm³/mol. The van der Waals surface area contributed by atoms with Gasteiger partial charge in [-0.3, -0.25) is 9.59 Å². The van der Waals surface area contributed by atoms with Crippen LogP contribution in [0, 0.1) is 0 Å². The summed E-state index contributed by atoms with van der Waals surface area (Å²) in [6.07, 6.45) is 3.29. The van der Waals surface area contributed by atoms with Gasteiger partial charge in [-0.05, 0) is 54.8 Å². The first kappa shape index (κ1) is 22.3. The smallest absolute Gasteiger partial charge is 0.295 e. The summed E-state index contributed by atoms with van der Waals surface area (Å²) in [6.45, 7) is 4.93. The van der Waals surface area contributed by atoms with Crippen molar-refractivity contribution in [3.05, 3.63) is 82.4 Å². The average Bonchev–Trinajstić information content (AvgIpc) is 3.41. The molecule has 2 aliphatic rings. The predicted octanol–water partition coefficient (Wildman–Crippen LogP) is 4.61. The zero-order chi connectivity index (χ0) is 22.7. The number of Topliss-reactive ketones (excluding diaryl/α,β-unsaturated/α-hetero) is 1. The minimum absolute atomic E-state index is 0.0788. The Kier molecular flexibility index (Phi) is 6.77. The van der Waals surface area contributed by atoms with Gasteiger partial charge >= 0.3 is 0 Å². The topological polar surface area (TPSA) is 76.1 Å². The number of carbonyl (C=O) groups excluding carboxylic acids is 2. The Morgan fingerprint density at radius 2 is 1.91 bits per heavy atom. The molecule has 0 saturated carbocycles. The van der Waals surface area contributed by atoms with Crippen LogP contribution >= 0.6 is 15.9 Å². The number of carbonyl (C=O) groups is 2. The summed E-state index contributed by atoms with van der Waals surface area (Å²) in [7, 11) is 0.